The number of hydrogen-bond donors (Lipinski definition) is 2. The number of carbonyl (C=O) groups excluding carboxylic acids is 2. The Morgan fingerprint density at radius 3 is 2.17 bits per heavy atom. The van der Waals surface area contributed by atoms with E-state index in [0.29, 0.717) is 17.8 Å². The average molecular weight is 396 g/mol. The Balaban J connectivity index is 1.67. The second-order valence-corrected chi connectivity index (χ2v) is 6.79. The lowest BCUT2D eigenvalue weighted by Gasteiger charge is -2.07. The van der Waals surface area contributed by atoms with Crippen LogP contribution in [0.2, 0.25) is 0 Å². The highest BCUT2D eigenvalue weighted by Crippen LogP contribution is 2.15. The number of carbonyl (C=O) groups is 2. The highest BCUT2D eigenvalue weighted by Gasteiger charge is 2.05. The Bertz CT molecular complexity index is 774. The van der Waals surface area contributed by atoms with Crippen molar-refractivity contribution >= 4 is 29.6 Å². The summed E-state index contributed by atoms with van der Waals surface area (Å²) < 4.78 is 0. The summed E-state index contributed by atoms with van der Waals surface area (Å²) in [5.74, 6) is 0.0101. The summed E-state index contributed by atoms with van der Waals surface area (Å²) in [6.45, 7) is 2.19. The second kappa shape index (κ2) is 13.1. The zero-order valence-corrected chi connectivity index (χ0v) is 16.9. The van der Waals surface area contributed by atoms with Crippen molar-refractivity contribution in [2.24, 2.45) is 5.16 Å². The van der Waals surface area contributed by atoms with Crippen LogP contribution >= 0.6 is 0 Å². The summed E-state index contributed by atoms with van der Waals surface area (Å²) in [5.41, 5.74) is 2.09. The van der Waals surface area contributed by atoms with Gasteiger partial charge in [0.05, 0.1) is 6.21 Å². The fraction of sp³-hybridized carbons (Fsp3) is 0.348. The topological polar surface area (TPSA) is 79.8 Å². The van der Waals surface area contributed by atoms with Crippen LogP contribution in [0.1, 0.15) is 57.4 Å². The van der Waals surface area contributed by atoms with E-state index in [2.05, 4.69) is 22.7 Å². The minimum Gasteiger partial charge on any atom is -0.326 e. The summed E-state index contributed by atoms with van der Waals surface area (Å²) in [6, 6.07) is 16.2. The van der Waals surface area contributed by atoms with Gasteiger partial charge in [0.2, 0.25) is 5.91 Å². The monoisotopic (exact) mass is 395 g/mol. The first-order chi connectivity index (χ1) is 14.2. The molecule has 2 amide bonds. The van der Waals surface area contributed by atoms with Crippen molar-refractivity contribution < 1.29 is 14.4 Å². The lowest BCUT2D eigenvalue weighted by atomic mass is 10.1. The summed E-state index contributed by atoms with van der Waals surface area (Å²) in [7, 11) is 0. The van der Waals surface area contributed by atoms with Gasteiger partial charge in [0.15, 0.2) is 0 Å². The van der Waals surface area contributed by atoms with E-state index in [4.69, 9.17) is 4.84 Å². The Morgan fingerprint density at radius 2 is 1.48 bits per heavy atom. The number of rotatable bonds is 11. The molecule has 2 aromatic rings. The Hall–Kier alpha value is -3.15. The number of benzene rings is 2. The molecular weight excluding hydrogens is 366 g/mol. The number of anilines is 2. The molecule has 6 nitrogen and oxygen atoms in total. The number of amides is 2. The SMILES string of the molecule is CCCCCCCCC(=O)Nc1ccc(NC(=O)O/N=C/c2ccccc2)cc1. The van der Waals surface area contributed by atoms with Crippen LogP contribution in [-0.2, 0) is 9.63 Å². The maximum Gasteiger partial charge on any atom is 0.437 e. The highest BCUT2D eigenvalue weighted by molar-refractivity contribution is 5.91. The van der Waals surface area contributed by atoms with Gasteiger partial charge in [0.1, 0.15) is 0 Å². The third-order valence-corrected chi connectivity index (χ3v) is 4.31. The molecule has 0 aromatic heterocycles. The average Bonchev–Trinajstić information content (AvgIpc) is 2.73. The van der Waals surface area contributed by atoms with Crippen molar-refractivity contribution in [1.82, 2.24) is 0 Å². The van der Waals surface area contributed by atoms with E-state index in [1.165, 1.54) is 31.9 Å². The molecule has 0 aliphatic heterocycles. The molecule has 154 valence electrons. The molecule has 0 saturated heterocycles. The van der Waals surface area contributed by atoms with Gasteiger partial charge in [-0.15, -0.1) is 0 Å². The van der Waals surface area contributed by atoms with Crippen molar-refractivity contribution in [3.05, 3.63) is 60.2 Å². The normalized spacial score (nSPS) is 10.7. The van der Waals surface area contributed by atoms with E-state index in [1.807, 2.05) is 30.3 Å². The molecular formula is C23H29N3O3. The largest absolute Gasteiger partial charge is 0.437 e. The van der Waals surface area contributed by atoms with Crippen LogP contribution < -0.4 is 10.6 Å². The van der Waals surface area contributed by atoms with Gasteiger partial charge >= 0.3 is 6.09 Å². The molecule has 0 aliphatic rings. The van der Waals surface area contributed by atoms with Crippen molar-refractivity contribution in [2.45, 2.75) is 51.9 Å². The minimum absolute atomic E-state index is 0.0101. The van der Waals surface area contributed by atoms with Crippen molar-refractivity contribution in [3.63, 3.8) is 0 Å². The Kier molecular flexibility index (Phi) is 10.0. The summed E-state index contributed by atoms with van der Waals surface area (Å²) in [6.07, 6.45) is 8.22. The molecule has 0 radical (unpaired) electrons. The van der Waals surface area contributed by atoms with Crippen LogP contribution in [0.4, 0.5) is 16.2 Å². The molecule has 0 heterocycles. The second-order valence-electron chi connectivity index (χ2n) is 6.79. The van der Waals surface area contributed by atoms with Gasteiger partial charge in [-0.25, -0.2) is 4.79 Å². The van der Waals surface area contributed by atoms with Crippen LogP contribution in [0.3, 0.4) is 0 Å². The summed E-state index contributed by atoms with van der Waals surface area (Å²) >= 11 is 0. The van der Waals surface area contributed by atoms with Gasteiger partial charge < -0.3 is 5.32 Å². The van der Waals surface area contributed by atoms with Crippen LogP contribution in [0, 0.1) is 0 Å². The minimum atomic E-state index is -0.683. The number of unbranched alkanes of at least 4 members (excludes halogenated alkanes) is 5. The molecule has 0 unspecified atom stereocenters. The Labute approximate surface area is 172 Å². The van der Waals surface area contributed by atoms with Crippen molar-refractivity contribution in [1.29, 1.82) is 0 Å². The first-order valence-corrected chi connectivity index (χ1v) is 10.1. The van der Waals surface area contributed by atoms with Crippen LogP contribution in [0.5, 0.6) is 0 Å². The van der Waals surface area contributed by atoms with Gasteiger partial charge in [-0.1, -0.05) is 74.5 Å². The standard InChI is InChI=1S/C23H29N3O3/c1-2-3-4-5-6-10-13-22(27)25-20-14-16-21(17-15-20)26-23(28)29-24-18-19-11-8-7-9-12-19/h7-9,11-12,14-18H,2-6,10,13H2,1H3,(H,25,27)(H,26,28)/b24-18+. The summed E-state index contributed by atoms with van der Waals surface area (Å²) in [5, 5.41) is 9.10. The zero-order valence-electron chi connectivity index (χ0n) is 16.9. The first-order valence-electron chi connectivity index (χ1n) is 10.1. The number of nitrogens with zero attached hydrogens (tertiary/aromatic N) is 1. The predicted octanol–water partition coefficient (Wildman–Crippen LogP) is 5.96. The van der Waals surface area contributed by atoms with Crippen molar-refractivity contribution in [3.8, 4) is 0 Å². The van der Waals surface area contributed by atoms with E-state index in [0.717, 1.165) is 18.4 Å². The Morgan fingerprint density at radius 1 is 0.862 bits per heavy atom. The molecule has 2 N–H and O–H groups in total. The van der Waals surface area contributed by atoms with E-state index >= 15 is 0 Å². The molecule has 0 spiro atoms. The molecule has 2 rings (SSSR count). The lowest BCUT2D eigenvalue weighted by molar-refractivity contribution is -0.116. The van der Waals surface area contributed by atoms with Gasteiger partial charge in [-0.3, -0.25) is 14.9 Å². The van der Waals surface area contributed by atoms with Crippen LogP contribution in [0.25, 0.3) is 0 Å². The van der Waals surface area contributed by atoms with E-state index in [9.17, 15) is 9.59 Å². The summed E-state index contributed by atoms with van der Waals surface area (Å²) in [4.78, 5) is 28.5. The van der Waals surface area contributed by atoms with E-state index < -0.39 is 6.09 Å². The molecule has 2 aromatic carbocycles. The van der Waals surface area contributed by atoms with E-state index in [-0.39, 0.29) is 5.91 Å². The number of hydrogen-bond acceptors (Lipinski definition) is 4. The van der Waals surface area contributed by atoms with Crippen LogP contribution in [0.15, 0.2) is 59.8 Å². The molecule has 0 atom stereocenters. The fourth-order valence-electron chi connectivity index (χ4n) is 2.74. The first kappa shape index (κ1) is 22.1. The van der Waals surface area contributed by atoms with Crippen LogP contribution in [-0.4, -0.2) is 18.2 Å². The smallest absolute Gasteiger partial charge is 0.326 e. The fourth-order valence-corrected chi connectivity index (χ4v) is 2.74. The number of nitrogens with one attached hydrogen (secondary N) is 2. The molecule has 0 bridgehead atoms. The highest BCUT2D eigenvalue weighted by atomic mass is 16.7. The predicted molar refractivity (Wildman–Crippen MR) is 117 cm³/mol. The quantitative estimate of drug-likeness (QED) is 0.213. The molecule has 29 heavy (non-hydrogen) atoms. The molecule has 0 saturated carbocycles. The van der Waals surface area contributed by atoms with Gasteiger partial charge in [-0.2, -0.15) is 0 Å². The van der Waals surface area contributed by atoms with E-state index in [1.54, 1.807) is 24.3 Å². The molecule has 6 heteroatoms. The maximum absolute atomic E-state index is 12.0. The maximum atomic E-state index is 12.0. The third-order valence-electron chi connectivity index (χ3n) is 4.31. The molecule has 0 aliphatic carbocycles. The van der Waals surface area contributed by atoms with Gasteiger partial charge in [0.25, 0.3) is 0 Å². The number of oxime groups is 1. The lowest BCUT2D eigenvalue weighted by Crippen LogP contribution is -2.12. The third kappa shape index (κ3) is 9.55. The van der Waals surface area contributed by atoms with Gasteiger partial charge in [-0.05, 0) is 36.2 Å². The van der Waals surface area contributed by atoms with Gasteiger partial charge in [0, 0.05) is 17.8 Å². The molecule has 0 fully saturated rings. The zero-order chi connectivity index (χ0) is 20.7. The van der Waals surface area contributed by atoms with Crippen molar-refractivity contribution in [2.75, 3.05) is 10.6 Å².